The second kappa shape index (κ2) is 5.31. The van der Waals surface area contributed by atoms with Gasteiger partial charge in [0.15, 0.2) is 0 Å². The molecule has 3 nitrogen and oxygen atoms in total. The summed E-state index contributed by atoms with van der Waals surface area (Å²) in [6.07, 6.45) is 3.90. The number of hydrogen-bond acceptors (Lipinski definition) is 2. The van der Waals surface area contributed by atoms with Crippen LogP contribution in [0.4, 0.5) is 0 Å². The van der Waals surface area contributed by atoms with Gasteiger partial charge in [-0.2, -0.15) is 0 Å². The average molecular weight is 257 g/mol. The van der Waals surface area contributed by atoms with Crippen LogP contribution >= 0.6 is 0 Å². The van der Waals surface area contributed by atoms with Crippen LogP contribution in [0.5, 0.6) is 5.75 Å². The van der Waals surface area contributed by atoms with Gasteiger partial charge in [0.05, 0.1) is 5.52 Å². The first kappa shape index (κ1) is 13.4. The smallest absolute Gasteiger partial charge is 0.251 e. The zero-order valence-corrected chi connectivity index (χ0v) is 11.8. The Morgan fingerprint density at radius 1 is 1.16 bits per heavy atom. The van der Waals surface area contributed by atoms with Gasteiger partial charge in [-0.05, 0) is 45.4 Å². The Balaban J connectivity index is 2.59. The lowest BCUT2D eigenvalue weighted by Crippen LogP contribution is -2.12. The maximum atomic E-state index is 11.9. The molecule has 0 fully saturated rings. The summed E-state index contributed by atoms with van der Waals surface area (Å²) in [5.41, 5.74) is 3.61. The molecule has 2 aromatic rings. The quantitative estimate of drug-likeness (QED) is 0.856. The van der Waals surface area contributed by atoms with E-state index in [4.69, 9.17) is 4.74 Å². The number of aromatic nitrogens is 1. The third-order valence-corrected chi connectivity index (χ3v) is 3.53. The molecule has 0 spiro atoms. The van der Waals surface area contributed by atoms with E-state index >= 15 is 0 Å². The minimum absolute atomic E-state index is 0.0290. The summed E-state index contributed by atoms with van der Waals surface area (Å²) in [6.45, 7) is 8.29. The van der Waals surface area contributed by atoms with Crippen molar-refractivity contribution in [2.24, 2.45) is 0 Å². The predicted octanol–water partition coefficient (Wildman–Crippen LogP) is 3.41. The lowest BCUT2D eigenvalue weighted by molar-refractivity contribution is 0.360. The molecule has 1 heterocycles. The number of H-pyrrole nitrogens is 1. The van der Waals surface area contributed by atoms with E-state index in [1.54, 1.807) is 0 Å². The zero-order chi connectivity index (χ0) is 14.0. The molecule has 1 N–H and O–H groups in total. The van der Waals surface area contributed by atoms with E-state index < -0.39 is 0 Å². The van der Waals surface area contributed by atoms with Gasteiger partial charge >= 0.3 is 0 Å². The normalized spacial score (nSPS) is 11.4. The number of hydrogen-bond donors (Lipinski definition) is 1. The van der Waals surface area contributed by atoms with E-state index in [0.717, 1.165) is 33.3 Å². The molecule has 100 valence electrons. The molecule has 0 aliphatic carbocycles. The van der Waals surface area contributed by atoms with E-state index in [1.807, 2.05) is 52.0 Å². The van der Waals surface area contributed by atoms with Crippen molar-refractivity contribution < 1.29 is 4.74 Å². The largest absolute Gasteiger partial charge is 0.489 e. The number of ether oxygens (including phenoxy) is 1. The first-order valence-corrected chi connectivity index (χ1v) is 6.43. The first-order chi connectivity index (χ1) is 9.06. The van der Waals surface area contributed by atoms with Gasteiger partial charge in [0.1, 0.15) is 12.4 Å². The fourth-order valence-electron chi connectivity index (χ4n) is 2.14. The third-order valence-electron chi connectivity index (χ3n) is 3.53. The van der Waals surface area contributed by atoms with E-state index in [2.05, 4.69) is 4.98 Å². The maximum Gasteiger partial charge on any atom is 0.251 e. The van der Waals surface area contributed by atoms with Gasteiger partial charge < -0.3 is 9.72 Å². The Bertz CT molecular complexity index is 696. The van der Waals surface area contributed by atoms with Crippen LogP contribution in [0.2, 0.25) is 0 Å². The van der Waals surface area contributed by atoms with Crippen molar-refractivity contribution in [2.45, 2.75) is 27.7 Å². The number of nitrogens with one attached hydrogen (secondary N) is 1. The Labute approximate surface area is 112 Å². The highest BCUT2D eigenvalue weighted by Gasteiger charge is 2.10. The SMILES string of the molecule is CC=CCOc1ccc2c(C)c(C)c(=O)[nH]c2c1C. The standard InChI is InChI=1S/C16H19NO2/c1-5-6-9-19-14-8-7-13-10(2)11(3)16(18)17-15(13)12(14)4/h5-8H,9H2,1-4H3,(H,17,18). The zero-order valence-electron chi connectivity index (χ0n) is 11.8. The number of aryl methyl sites for hydroxylation is 2. The van der Waals surface area contributed by atoms with Crippen LogP contribution in [0, 0.1) is 20.8 Å². The summed E-state index contributed by atoms with van der Waals surface area (Å²) in [5, 5.41) is 1.08. The van der Waals surface area contributed by atoms with Crippen LogP contribution in [0.3, 0.4) is 0 Å². The predicted molar refractivity (Wildman–Crippen MR) is 79.1 cm³/mol. The molecule has 0 saturated heterocycles. The minimum Gasteiger partial charge on any atom is -0.489 e. The maximum absolute atomic E-state index is 11.9. The molecule has 0 aliphatic rings. The summed E-state index contributed by atoms with van der Waals surface area (Å²) in [7, 11) is 0. The Morgan fingerprint density at radius 3 is 2.58 bits per heavy atom. The van der Waals surface area contributed by atoms with E-state index in [-0.39, 0.29) is 5.56 Å². The van der Waals surface area contributed by atoms with Gasteiger partial charge in [-0.15, -0.1) is 0 Å². The van der Waals surface area contributed by atoms with Gasteiger partial charge in [-0.1, -0.05) is 12.2 Å². The topological polar surface area (TPSA) is 42.1 Å². The van der Waals surface area contributed by atoms with Gasteiger partial charge in [0.25, 0.3) is 5.56 Å². The van der Waals surface area contributed by atoms with Crippen molar-refractivity contribution in [3.63, 3.8) is 0 Å². The summed E-state index contributed by atoms with van der Waals surface area (Å²) in [5.74, 6) is 0.810. The molecule has 0 atom stereocenters. The average Bonchev–Trinajstić information content (AvgIpc) is 2.40. The van der Waals surface area contributed by atoms with Crippen LogP contribution in [0.1, 0.15) is 23.6 Å². The fourth-order valence-corrected chi connectivity index (χ4v) is 2.14. The number of fused-ring (bicyclic) bond motifs is 1. The molecule has 0 unspecified atom stereocenters. The summed E-state index contributed by atoms with van der Waals surface area (Å²) < 4.78 is 5.69. The monoisotopic (exact) mass is 257 g/mol. The van der Waals surface area contributed by atoms with Crippen molar-refractivity contribution in [1.29, 1.82) is 0 Å². The number of aromatic amines is 1. The molecule has 2 rings (SSSR count). The lowest BCUT2D eigenvalue weighted by atomic mass is 10.0. The number of allylic oxidation sites excluding steroid dienone is 1. The van der Waals surface area contributed by atoms with E-state index in [0.29, 0.717) is 6.61 Å². The van der Waals surface area contributed by atoms with Crippen LogP contribution in [-0.2, 0) is 0 Å². The molecule has 0 aliphatic heterocycles. The van der Waals surface area contributed by atoms with E-state index in [1.165, 1.54) is 0 Å². The molecule has 0 saturated carbocycles. The molecule has 0 radical (unpaired) electrons. The molecule has 1 aromatic carbocycles. The lowest BCUT2D eigenvalue weighted by Gasteiger charge is -2.12. The van der Waals surface area contributed by atoms with Gasteiger partial charge in [0.2, 0.25) is 0 Å². The molecular weight excluding hydrogens is 238 g/mol. The number of pyridine rings is 1. The molecule has 0 amide bonds. The van der Waals surface area contributed by atoms with Crippen molar-refractivity contribution in [3.05, 3.63) is 51.3 Å². The third kappa shape index (κ3) is 2.41. The fraction of sp³-hybridized carbons (Fsp3) is 0.312. The highest BCUT2D eigenvalue weighted by Crippen LogP contribution is 2.27. The van der Waals surface area contributed by atoms with Crippen molar-refractivity contribution in [1.82, 2.24) is 4.98 Å². The minimum atomic E-state index is -0.0290. The Kier molecular flexibility index (Phi) is 3.74. The van der Waals surface area contributed by atoms with Gasteiger partial charge in [-0.25, -0.2) is 0 Å². The Hall–Kier alpha value is -2.03. The molecular formula is C16H19NO2. The number of rotatable bonds is 3. The van der Waals surface area contributed by atoms with Gasteiger partial charge in [-0.3, -0.25) is 4.79 Å². The van der Waals surface area contributed by atoms with Crippen LogP contribution in [0.25, 0.3) is 10.9 Å². The first-order valence-electron chi connectivity index (χ1n) is 6.43. The molecule has 19 heavy (non-hydrogen) atoms. The molecule has 3 heteroatoms. The second-order valence-electron chi connectivity index (χ2n) is 4.70. The number of benzene rings is 1. The highest BCUT2D eigenvalue weighted by molar-refractivity contribution is 5.87. The van der Waals surface area contributed by atoms with Crippen molar-refractivity contribution in [3.8, 4) is 5.75 Å². The Morgan fingerprint density at radius 2 is 1.89 bits per heavy atom. The summed E-state index contributed by atoms with van der Waals surface area (Å²) in [6, 6.07) is 3.97. The van der Waals surface area contributed by atoms with Gasteiger partial charge in [0, 0.05) is 16.5 Å². The second-order valence-corrected chi connectivity index (χ2v) is 4.70. The van der Waals surface area contributed by atoms with Crippen molar-refractivity contribution >= 4 is 10.9 Å². The van der Waals surface area contributed by atoms with Crippen molar-refractivity contribution in [2.75, 3.05) is 6.61 Å². The summed E-state index contributed by atoms with van der Waals surface area (Å²) >= 11 is 0. The van der Waals surface area contributed by atoms with Crippen LogP contribution < -0.4 is 10.3 Å². The van der Waals surface area contributed by atoms with E-state index in [9.17, 15) is 4.79 Å². The van der Waals surface area contributed by atoms with Crippen LogP contribution in [-0.4, -0.2) is 11.6 Å². The summed E-state index contributed by atoms with van der Waals surface area (Å²) in [4.78, 5) is 14.8. The molecule has 0 bridgehead atoms. The highest BCUT2D eigenvalue weighted by atomic mass is 16.5. The molecule has 1 aromatic heterocycles. The van der Waals surface area contributed by atoms with Crippen LogP contribution in [0.15, 0.2) is 29.1 Å².